The van der Waals surface area contributed by atoms with Crippen molar-refractivity contribution in [3.63, 3.8) is 0 Å². The third kappa shape index (κ3) is 3.75. The number of hydrogen-bond acceptors (Lipinski definition) is 3. The predicted octanol–water partition coefficient (Wildman–Crippen LogP) is 3.80. The molecule has 1 atom stereocenters. The second-order valence-corrected chi connectivity index (χ2v) is 5.71. The van der Waals surface area contributed by atoms with Gasteiger partial charge in [-0.05, 0) is 30.7 Å². The van der Waals surface area contributed by atoms with E-state index in [1.165, 1.54) is 16.0 Å². The first-order chi connectivity index (χ1) is 9.22. The average molecular weight is 273 g/mol. The van der Waals surface area contributed by atoms with Crippen molar-refractivity contribution in [3.05, 3.63) is 59.7 Å². The summed E-state index contributed by atoms with van der Waals surface area (Å²) in [5.41, 5.74) is 8.46. The van der Waals surface area contributed by atoms with Crippen molar-refractivity contribution >= 4 is 11.8 Å². The minimum absolute atomic E-state index is 0.270. The van der Waals surface area contributed by atoms with Gasteiger partial charge in [-0.15, -0.1) is 11.8 Å². The maximum absolute atomic E-state index is 5.92. The summed E-state index contributed by atoms with van der Waals surface area (Å²) in [4.78, 5) is 1.18. The van der Waals surface area contributed by atoms with Crippen molar-refractivity contribution in [2.24, 2.45) is 5.73 Å². The molecule has 0 amide bonds. The lowest BCUT2D eigenvalue weighted by Crippen LogP contribution is -2.09. The van der Waals surface area contributed by atoms with Crippen molar-refractivity contribution in [1.29, 1.82) is 0 Å². The normalized spacial score (nSPS) is 12.2. The van der Waals surface area contributed by atoms with Gasteiger partial charge in [0, 0.05) is 16.7 Å². The summed E-state index contributed by atoms with van der Waals surface area (Å²) in [6.45, 7) is 2.72. The Hall–Kier alpha value is -1.45. The monoisotopic (exact) mass is 273 g/mol. The van der Waals surface area contributed by atoms with Gasteiger partial charge in [-0.1, -0.05) is 35.9 Å². The van der Waals surface area contributed by atoms with Crippen LogP contribution in [0.1, 0.15) is 16.4 Å². The van der Waals surface area contributed by atoms with Crippen LogP contribution in [0, 0.1) is 6.92 Å². The molecule has 1 unspecified atom stereocenters. The molecule has 0 aliphatic rings. The summed E-state index contributed by atoms with van der Waals surface area (Å²) >= 11 is 1.78. The largest absolute Gasteiger partial charge is 0.497 e. The third-order valence-corrected chi connectivity index (χ3v) is 4.22. The topological polar surface area (TPSA) is 35.2 Å². The van der Waals surface area contributed by atoms with E-state index in [2.05, 4.69) is 37.3 Å². The van der Waals surface area contributed by atoms with Gasteiger partial charge < -0.3 is 10.5 Å². The first-order valence-electron chi connectivity index (χ1n) is 6.30. The molecule has 0 radical (unpaired) electrons. The zero-order chi connectivity index (χ0) is 13.7. The Morgan fingerprint density at radius 3 is 2.63 bits per heavy atom. The van der Waals surface area contributed by atoms with Crippen molar-refractivity contribution in [2.75, 3.05) is 13.7 Å². The van der Waals surface area contributed by atoms with Gasteiger partial charge in [-0.2, -0.15) is 0 Å². The third-order valence-electron chi connectivity index (χ3n) is 2.95. The fourth-order valence-electron chi connectivity index (χ4n) is 1.96. The van der Waals surface area contributed by atoms with E-state index in [-0.39, 0.29) is 5.25 Å². The lowest BCUT2D eigenvalue weighted by molar-refractivity contribution is 0.413. The Morgan fingerprint density at radius 2 is 1.95 bits per heavy atom. The number of thioether (sulfide) groups is 1. The van der Waals surface area contributed by atoms with Crippen molar-refractivity contribution in [1.82, 2.24) is 0 Å². The molecule has 2 rings (SSSR count). The Bertz CT molecular complexity index is 542. The number of methoxy groups -OCH3 is 1. The van der Waals surface area contributed by atoms with Crippen LogP contribution in [0.3, 0.4) is 0 Å². The van der Waals surface area contributed by atoms with E-state index in [9.17, 15) is 0 Å². The minimum atomic E-state index is 0.270. The molecule has 2 nitrogen and oxygen atoms in total. The van der Waals surface area contributed by atoms with Crippen molar-refractivity contribution < 1.29 is 4.74 Å². The summed E-state index contributed by atoms with van der Waals surface area (Å²) < 4.78 is 5.25. The number of aryl methyl sites for hydroxylation is 1. The Balaban J connectivity index is 2.18. The van der Waals surface area contributed by atoms with Crippen LogP contribution in [0.4, 0.5) is 0 Å². The highest BCUT2D eigenvalue weighted by atomic mass is 32.2. The van der Waals surface area contributed by atoms with Crippen LogP contribution < -0.4 is 10.5 Å². The molecule has 0 saturated heterocycles. The van der Waals surface area contributed by atoms with E-state index in [1.807, 2.05) is 18.2 Å². The van der Waals surface area contributed by atoms with Gasteiger partial charge in [0.2, 0.25) is 0 Å². The van der Waals surface area contributed by atoms with Gasteiger partial charge in [0.05, 0.1) is 7.11 Å². The standard InChI is InChI=1S/C16H19NOS/c1-12-5-3-6-13(9-12)16(11-17)19-15-8-4-7-14(10-15)18-2/h3-10,16H,11,17H2,1-2H3. The van der Waals surface area contributed by atoms with E-state index in [1.54, 1.807) is 18.9 Å². The quantitative estimate of drug-likeness (QED) is 0.842. The second kappa shape index (κ2) is 6.64. The summed E-state index contributed by atoms with van der Waals surface area (Å²) in [5, 5.41) is 0.270. The number of nitrogens with two attached hydrogens (primary N) is 1. The van der Waals surface area contributed by atoms with Gasteiger partial charge in [-0.3, -0.25) is 0 Å². The van der Waals surface area contributed by atoms with Crippen LogP contribution in [-0.4, -0.2) is 13.7 Å². The lowest BCUT2D eigenvalue weighted by atomic mass is 10.1. The molecule has 0 spiro atoms. The fraction of sp³-hybridized carbons (Fsp3) is 0.250. The molecule has 19 heavy (non-hydrogen) atoms. The van der Waals surface area contributed by atoms with Gasteiger partial charge in [0.1, 0.15) is 5.75 Å². The molecular weight excluding hydrogens is 254 g/mol. The van der Waals surface area contributed by atoms with Crippen LogP contribution in [-0.2, 0) is 0 Å². The minimum Gasteiger partial charge on any atom is -0.497 e. The summed E-state index contributed by atoms with van der Waals surface area (Å²) in [7, 11) is 1.69. The van der Waals surface area contributed by atoms with Crippen LogP contribution >= 0.6 is 11.8 Å². The van der Waals surface area contributed by atoms with E-state index in [0.29, 0.717) is 6.54 Å². The molecule has 0 bridgehead atoms. The molecule has 3 heteroatoms. The molecule has 100 valence electrons. The summed E-state index contributed by atoms with van der Waals surface area (Å²) in [6, 6.07) is 16.6. The molecule has 2 aromatic carbocycles. The van der Waals surface area contributed by atoms with Crippen LogP contribution in [0.25, 0.3) is 0 Å². The molecule has 0 heterocycles. The van der Waals surface area contributed by atoms with E-state index < -0.39 is 0 Å². The second-order valence-electron chi connectivity index (χ2n) is 4.44. The van der Waals surface area contributed by atoms with Crippen LogP contribution in [0.5, 0.6) is 5.75 Å². The van der Waals surface area contributed by atoms with E-state index in [0.717, 1.165) is 5.75 Å². The summed E-state index contributed by atoms with van der Waals surface area (Å²) in [5.74, 6) is 0.880. The van der Waals surface area contributed by atoms with E-state index in [4.69, 9.17) is 10.5 Å². The molecular formula is C16H19NOS. The predicted molar refractivity (Wildman–Crippen MR) is 81.8 cm³/mol. The molecule has 0 aliphatic carbocycles. The zero-order valence-corrected chi connectivity index (χ0v) is 12.1. The molecule has 0 fully saturated rings. The molecule has 0 aliphatic heterocycles. The molecule has 2 aromatic rings. The van der Waals surface area contributed by atoms with Gasteiger partial charge in [0.25, 0.3) is 0 Å². The number of rotatable bonds is 5. The highest BCUT2D eigenvalue weighted by molar-refractivity contribution is 7.99. The first kappa shape index (κ1) is 14.0. The lowest BCUT2D eigenvalue weighted by Gasteiger charge is -2.16. The number of ether oxygens (including phenoxy) is 1. The Morgan fingerprint density at radius 1 is 1.16 bits per heavy atom. The Labute approximate surface area is 119 Å². The number of benzene rings is 2. The molecule has 2 N–H and O–H groups in total. The molecule has 0 aromatic heterocycles. The first-order valence-corrected chi connectivity index (χ1v) is 7.18. The smallest absolute Gasteiger partial charge is 0.119 e. The Kier molecular flexibility index (Phi) is 4.88. The highest BCUT2D eigenvalue weighted by Gasteiger charge is 2.11. The van der Waals surface area contributed by atoms with Crippen LogP contribution in [0.2, 0.25) is 0 Å². The van der Waals surface area contributed by atoms with Gasteiger partial charge in [0.15, 0.2) is 0 Å². The maximum atomic E-state index is 5.92. The van der Waals surface area contributed by atoms with E-state index >= 15 is 0 Å². The number of hydrogen-bond donors (Lipinski definition) is 1. The molecule has 0 saturated carbocycles. The maximum Gasteiger partial charge on any atom is 0.119 e. The van der Waals surface area contributed by atoms with Crippen molar-refractivity contribution in [2.45, 2.75) is 17.1 Å². The SMILES string of the molecule is COc1cccc(SC(CN)c2cccc(C)c2)c1. The fourth-order valence-corrected chi connectivity index (χ4v) is 3.01. The average Bonchev–Trinajstić information content (AvgIpc) is 2.45. The van der Waals surface area contributed by atoms with Crippen LogP contribution in [0.15, 0.2) is 53.4 Å². The van der Waals surface area contributed by atoms with Gasteiger partial charge in [-0.25, -0.2) is 0 Å². The highest BCUT2D eigenvalue weighted by Crippen LogP contribution is 2.35. The van der Waals surface area contributed by atoms with Crippen molar-refractivity contribution in [3.8, 4) is 5.75 Å². The van der Waals surface area contributed by atoms with Gasteiger partial charge >= 0.3 is 0 Å². The zero-order valence-electron chi connectivity index (χ0n) is 11.3. The summed E-state index contributed by atoms with van der Waals surface area (Å²) in [6.07, 6.45) is 0.